The molecular formula is C10H13N3O3. The number of likely N-dealkylation sites (N-methyl/N-ethyl adjacent to an activating group) is 1. The first-order valence-electron chi connectivity index (χ1n) is 4.89. The lowest BCUT2D eigenvalue weighted by atomic mass is 10.2. The van der Waals surface area contributed by atoms with Gasteiger partial charge in [0.15, 0.2) is 0 Å². The molecule has 0 bridgehead atoms. The Morgan fingerprint density at radius 1 is 1.44 bits per heavy atom. The Kier molecular flexibility index (Phi) is 4.41. The van der Waals surface area contributed by atoms with Gasteiger partial charge in [0.1, 0.15) is 5.69 Å². The van der Waals surface area contributed by atoms with Crippen molar-refractivity contribution < 1.29 is 9.72 Å². The average molecular weight is 223 g/mol. The zero-order valence-electron chi connectivity index (χ0n) is 8.90. The van der Waals surface area contributed by atoms with E-state index in [0.29, 0.717) is 6.54 Å². The maximum absolute atomic E-state index is 11.3. The number of anilines is 1. The van der Waals surface area contributed by atoms with Crippen molar-refractivity contribution in [1.29, 1.82) is 0 Å². The maximum Gasteiger partial charge on any atom is 0.292 e. The first-order chi connectivity index (χ1) is 7.65. The van der Waals surface area contributed by atoms with E-state index < -0.39 is 4.92 Å². The van der Waals surface area contributed by atoms with Gasteiger partial charge in [-0.1, -0.05) is 19.1 Å². The molecule has 6 heteroatoms. The van der Waals surface area contributed by atoms with E-state index in [9.17, 15) is 14.9 Å². The monoisotopic (exact) mass is 223 g/mol. The number of hydrogen-bond donors (Lipinski definition) is 2. The number of para-hydroxylation sites is 2. The van der Waals surface area contributed by atoms with E-state index in [-0.39, 0.29) is 23.8 Å². The van der Waals surface area contributed by atoms with Crippen molar-refractivity contribution in [1.82, 2.24) is 5.32 Å². The molecule has 0 aromatic heterocycles. The van der Waals surface area contributed by atoms with Gasteiger partial charge < -0.3 is 10.6 Å². The number of carbonyl (C=O) groups is 1. The molecule has 0 saturated heterocycles. The lowest BCUT2D eigenvalue weighted by Crippen LogP contribution is -2.27. The molecule has 0 aliphatic heterocycles. The number of nitro groups is 1. The van der Waals surface area contributed by atoms with Crippen molar-refractivity contribution in [2.45, 2.75) is 6.92 Å². The number of nitrogens with zero attached hydrogens (tertiary/aromatic N) is 1. The average Bonchev–Trinajstić information content (AvgIpc) is 2.27. The Morgan fingerprint density at radius 2 is 2.12 bits per heavy atom. The molecule has 0 fully saturated rings. The van der Waals surface area contributed by atoms with Gasteiger partial charge in [-0.15, -0.1) is 0 Å². The highest BCUT2D eigenvalue weighted by atomic mass is 16.6. The topological polar surface area (TPSA) is 84.3 Å². The number of hydrogen-bond acceptors (Lipinski definition) is 4. The molecule has 0 heterocycles. The van der Waals surface area contributed by atoms with Gasteiger partial charge in [0.2, 0.25) is 5.91 Å². The van der Waals surface area contributed by atoms with Crippen LogP contribution in [0, 0.1) is 10.1 Å². The van der Waals surface area contributed by atoms with Gasteiger partial charge in [0, 0.05) is 6.07 Å². The van der Waals surface area contributed by atoms with Crippen molar-refractivity contribution >= 4 is 17.3 Å². The molecule has 0 aliphatic carbocycles. The SMILES string of the molecule is CCNCC(=O)Nc1ccccc1[N+](=O)[O-]. The van der Waals surface area contributed by atoms with E-state index in [4.69, 9.17) is 0 Å². The third-order valence-electron chi connectivity index (χ3n) is 1.91. The number of amides is 1. The number of carbonyl (C=O) groups excluding carboxylic acids is 1. The van der Waals surface area contributed by atoms with Crippen LogP contribution >= 0.6 is 0 Å². The molecule has 1 amide bonds. The quantitative estimate of drug-likeness (QED) is 0.579. The Hall–Kier alpha value is -1.95. The van der Waals surface area contributed by atoms with Gasteiger partial charge in [0.05, 0.1) is 11.5 Å². The normalized spacial score (nSPS) is 9.81. The van der Waals surface area contributed by atoms with Crippen molar-refractivity contribution in [2.24, 2.45) is 0 Å². The summed E-state index contributed by atoms with van der Waals surface area (Å²) in [6, 6.07) is 6.04. The highest BCUT2D eigenvalue weighted by Gasteiger charge is 2.13. The van der Waals surface area contributed by atoms with E-state index in [1.54, 1.807) is 12.1 Å². The number of benzene rings is 1. The standard InChI is InChI=1S/C10H13N3O3/c1-2-11-7-10(14)12-8-5-3-4-6-9(8)13(15)16/h3-6,11H,2,7H2,1H3,(H,12,14). The van der Waals surface area contributed by atoms with Crippen LogP contribution in [0.4, 0.5) is 11.4 Å². The highest BCUT2D eigenvalue weighted by Crippen LogP contribution is 2.22. The summed E-state index contributed by atoms with van der Waals surface area (Å²) in [5.74, 6) is -0.295. The van der Waals surface area contributed by atoms with Crippen LogP contribution in [0.15, 0.2) is 24.3 Å². The van der Waals surface area contributed by atoms with Gasteiger partial charge in [-0.05, 0) is 12.6 Å². The van der Waals surface area contributed by atoms with Crippen molar-refractivity contribution in [3.05, 3.63) is 34.4 Å². The van der Waals surface area contributed by atoms with E-state index in [1.165, 1.54) is 12.1 Å². The molecule has 16 heavy (non-hydrogen) atoms. The summed E-state index contributed by atoms with van der Waals surface area (Å²) in [6.45, 7) is 2.69. The lowest BCUT2D eigenvalue weighted by molar-refractivity contribution is -0.383. The molecule has 1 aromatic rings. The minimum atomic E-state index is -0.525. The largest absolute Gasteiger partial charge is 0.319 e. The molecule has 0 radical (unpaired) electrons. The highest BCUT2D eigenvalue weighted by molar-refractivity contribution is 5.94. The fourth-order valence-electron chi connectivity index (χ4n) is 1.17. The molecule has 0 unspecified atom stereocenters. The van der Waals surface area contributed by atoms with Gasteiger partial charge in [-0.25, -0.2) is 0 Å². The van der Waals surface area contributed by atoms with E-state index >= 15 is 0 Å². The Morgan fingerprint density at radius 3 is 2.75 bits per heavy atom. The summed E-state index contributed by atoms with van der Waals surface area (Å²) in [6.07, 6.45) is 0. The molecule has 1 aromatic carbocycles. The zero-order chi connectivity index (χ0) is 12.0. The van der Waals surface area contributed by atoms with Gasteiger partial charge in [-0.2, -0.15) is 0 Å². The van der Waals surface area contributed by atoms with Crippen LogP contribution in [0.2, 0.25) is 0 Å². The second-order valence-electron chi connectivity index (χ2n) is 3.10. The molecule has 0 aliphatic rings. The van der Waals surface area contributed by atoms with E-state index in [1.807, 2.05) is 6.92 Å². The molecule has 86 valence electrons. The van der Waals surface area contributed by atoms with Crippen LogP contribution in [0.1, 0.15) is 6.92 Å². The molecule has 6 nitrogen and oxygen atoms in total. The predicted octanol–water partition coefficient (Wildman–Crippen LogP) is 1.14. The minimum Gasteiger partial charge on any atom is -0.319 e. The smallest absolute Gasteiger partial charge is 0.292 e. The summed E-state index contributed by atoms with van der Waals surface area (Å²) < 4.78 is 0. The van der Waals surface area contributed by atoms with Gasteiger partial charge >= 0.3 is 0 Å². The fourth-order valence-corrected chi connectivity index (χ4v) is 1.17. The summed E-state index contributed by atoms with van der Waals surface area (Å²) in [7, 11) is 0. The molecule has 0 saturated carbocycles. The van der Waals surface area contributed by atoms with E-state index in [2.05, 4.69) is 10.6 Å². The fraction of sp³-hybridized carbons (Fsp3) is 0.300. The van der Waals surface area contributed by atoms with Gasteiger partial charge in [-0.3, -0.25) is 14.9 Å². The number of rotatable bonds is 5. The summed E-state index contributed by atoms with van der Waals surface area (Å²) in [5, 5.41) is 16.0. The second kappa shape index (κ2) is 5.82. The van der Waals surface area contributed by atoms with Crippen LogP contribution < -0.4 is 10.6 Å². The van der Waals surface area contributed by atoms with E-state index in [0.717, 1.165) is 0 Å². The van der Waals surface area contributed by atoms with Gasteiger partial charge in [0.25, 0.3) is 5.69 Å². The number of nitrogens with one attached hydrogen (secondary N) is 2. The maximum atomic E-state index is 11.3. The van der Waals surface area contributed by atoms with Crippen LogP contribution in [0.25, 0.3) is 0 Å². The second-order valence-corrected chi connectivity index (χ2v) is 3.10. The van der Waals surface area contributed by atoms with Crippen LogP contribution in [-0.2, 0) is 4.79 Å². The molecule has 0 spiro atoms. The molecule has 0 atom stereocenters. The Labute approximate surface area is 92.8 Å². The molecule has 1 rings (SSSR count). The first-order valence-corrected chi connectivity index (χ1v) is 4.89. The van der Waals surface area contributed by atoms with Crippen LogP contribution in [0.5, 0.6) is 0 Å². The predicted molar refractivity (Wildman–Crippen MR) is 60.3 cm³/mol. The lowest BCUT2D eigenvalue weighted by Gasteiger charge is -2.05. The minimum absolute atomic E-state index is 0.104. The van der Waals surface area contributed by atoms with Crippen molar-refractivity contribution in [2.75, 3.05) is 18.4 Å². The van der Waals surface area contributed by atoms with Crippen LogP contribution in [-0.4, -0.2) is 23.9 Å². The third kappa shape index (κ3) is 3.32. The van der Waals surface area contributed by atoms with Crippen LogP contribution in [0.3, 0.4) is 0 Å². The first kappa shape index (κ1) is 12.1. The molecule has 2 N–H and O–H groups in total. The number of nitro benzene ring substituents is 1. The Bertz CT molecular complexity index is 393. The third-order valence-corrected chi connectivity index (χ3v) is 1.91. The van der Waals surface area contributed by atoms with Crippen molar-refractivity contribution in [3.63, 3.8) is 0 Å². The Balaban J connectivity index is 2.73. The molecular weight excluding hydrogens is 210 g/mol. The zero-order valence-corrected chi connectivity index (χ0v) is 8.90. The summed E-state index contributed by atoms with van der Waals surface area (Å²) >= 11 is 0. The summed E-state index contributed by atoms with van der Waals surface area (Å²) in [5.41, 5.74) is 0.114. The van der Waals surface area contributed by atoms with Crippen molar-refractivity contribution in [3.8, 4) is 0 Å². The summed E-state index contributed by atoms with van der Waals surface area (Å²) in [4.78, 5) is 21.5.